The van der Waals surface area contributed by atoms with Crippen LogP contribution in [0.1, 0.15) is 56.6 Å². The lowest BCUT2D eigenvalue weighted by molar-refractivity contribution is -0.136. The quantitative estimate of drug-likeness (QED) is 0.724. The van der Waals surface area contributed by atoms with Gasteiger partial charge in [0.2, 0.25) is 0 Å². The molecule has 0 unspecified atom stereocenters. The van der Waals surface area contributed by atoms with E-state index in [-0.39, 0.29) is 6.42 Å². The van der Waals surface area contributed by atoms with Crippen LogP contribution in [0, 0.1) is 0 Å². The second-order valence-electron chi connectivity index (χ2n) is 4.67. The van der Waals surface area contributed by atoms with Crippen molar-refractivity contribution in [1.29, 1.82) is 0 Å². The molecule has 1 rings (SSSR count). The van der Waals surface area contributed by atoms with E-state index in [0.717, 1.165) is 12.0 Å². The minimum absolute atomic E-state index is 0.133. The maximum atomic E-state index is 10.8. The second kappa shape index (κ2) is 7.10. The highest BCUT2D eigenvalue weighted by Crippen LogP contribution is 2.25. The number of benzene rings is 1. The summed E-state index contributed by atoms with van der Waals surface area (Å²) in [5, 5.41) is 8.89. The van der Waals surface area contributed by atoms with Gasteiger partial charge in [0, 0.05) is 0 Å². The Morgan fingerprint density at radius 3 is 2.65 bits per heavy atom. The summed E-state index contributed by atoms with van der Waals surface area (Å²) in [7, 11) is 0. The predicted octanol–water partition coefficient (Wildman–Crippen LogP) is 4.00. The molecule has 0 heterocycles. The van der Waals surface area contributed by atoms with Gasteiger partial charge in [-0.2, -0.15) is 0 Å². The van der Waals surface area contributed by atoms with Gasteiger partial charge in [-0.3, -0.25) is 4.79 Å². The molecule has 0 spiro atoms. The predicted molar refractivity (Wildman–Crippen MR) is 70.3 cm³/mol. The van der Waals surface area contributed by atoms with Crippen LogP contribution in [0.25, 0.3) is 0 Å². The Hall–Kier alpha value is -1.31. The van der Waals surface area contributed by atoms with Gasteiger partial charge >= 0.3 is 5.97 Å². The van der Waals surface area contributed by atoms with E-state index in [1.54, 1.807) is 0 Å². The highest BCUT2D eigenvalue weighted by Gasteiger charge is 2.11. The maximum absolute atomic E-state index is 10.8. The average Bonchev–Trinajstić information content (AvgIpc) is 2.29. The SMILES string of the molecule is CCCCC[C@@H](C)c1ccccc1CC(=O)O. The summed E-state index contributed by atoms with van der Waals surface area (Å²) in [4.78, 5) is 10.8. The number of hydrogen-bond donors (Lipinski definition) is 1. The molecule has 0 saturated carbocycles. The Morgan fingerprint density at radius 1 is 1.29 bits per heavy atom. The summed E-state index contributed by atoms with van der Waals surface area (Å²) in [6.07, 6.45) is 4.98. The van der Waals surface area contributed by atoms with Gasteiger partial charge < -0.3 is 5.11 Å². The van der Waals surface area contributed by atoms with Crippen molar-refractivity contribution in [1.82, 2.24) is 0 Å². The van der Waals surface area contributed by atoms with Gasteiger partial charge in [0.15, 0.2) is 0 Å². The fourth-order valence-electron chi connectivity index (χ4n) is 2.19. The van der Waals surface area contributed by atoms with Gasteiger partial charge in [-0.05, 0) is 23.5 Å². The molecule has 0 aromatic heterocycles. The first-order valence-corrected chi connectivity index (χ1v) is 6.44. The third-order valence-corrected chi connectivity index (χ3v) is 3.17. The first-order chi connectivity index (χ1) is 8.15. The summed E-state index contributed by atoms with van der Waals surface area (Å²) in [6, 6.07) is 7.91. The molecule has 0 fully saturated rings. The molecule has 0 bridgehead atoms. The van der Waals surface area contributed by atoms with Gasteiger partial charge in [-0.1, -0.05) is 57.4 Å². The molecule has 0 saturated heterocycles. The van der Waals surface area contributed by atoms with Crippen molar-refractivity contribution in [3.8, 4) is 0 Å². The number of rotatable bonds is 7. The molecule has 1 N–H and O–H groups in total. The van der Waals surface area contributed by atoms with E-state index in [4.69, 9.17) is 5.11 Å². The normalized spacial score (nSPS) is 12.4. The summed E-state index contributed by atoms with van der Waals surface area (Å²) in [6.45, 7) is 4.39. The molecule has 0 aliphatic rings. The monoisotopic (exact) mass is 234 g/mol. The van der Waals surface area contributed by atoms with E-state index in [9.17, 15) is 4.79 Å². The lowest BCUT2D eigenvalue weighted by Gasteiger charge is -2.15. The Kier molecular flexibility index (Phi) is 5.75. The number of carbonyl (C=O) groups is 1. The van der Waals surface area contributed by atoms with Gasteiger partial charge in [-0.15, -0.1) is 0 Å². The minimum atomic E-state index is -0.752. The minimum Gasteiger partial charge on any atom is -0.481 e. The highest BCUT2D eigenvalue weighted by molar-refractivity contribution is 5.70. The first kappa shape index (κ1) is 13.8. The molecule has 1 aromatic carbocycles. The van der Waals surface area contributed by atoms with Crippen molar-refractivity contribution >= 4 is 5.97 Å². The van der Waals surface area contributed by atoms with E-state index in [1.165, 1.54) is 24.8 Å². The van der Waals surface area contributed by atoms with Crippen molar-refractivity contribution in [2.45, 2.75) is 51.9 Å². The summed E-state index contributed by atoms with van der Waals surface area (Å²) >= 11 is 0. The smallest absolute Gasteiger partial charge is 0.307 e. The summed E-state index contributed by atoms with van der Waals surface area (Å²) in [5.41, 5.74) is 2.16. The standard InChI is InChI=1S/C15H22O2/c1-3-4-5-8-12(2)14-10-7-6-9-13(14)11-15(16)17/h6-7,9-10,12H,3-5,8,11H2,1-2H3,(H,16,17)/t12-/m1/s1. The third kappa shape index (κ3) is 4.59. The molecule has 0 amide bonds. The number of carboxylic acid groups (broad SMARTS) is 1. The van der Waals surface area contributed by atoms with Gasteiger partial charge in [-0.25, -0.2) is 0 Å². The van der Waals surface area contributed by atoms with Crippen molar-refractivity contribution in [2.24, 2.45) is 0 Å². The maximum Gasteiger partial charge on any atom is 0.307 e. The van der Waals surface area contributed by atoms with Crippen LogP contribution in [0.15, 0.2) is 24.3 Å². The largest absolute Gasteiger partial charge is 0.481 e. The van der Waals surface area contributed by atoms with E-state index < -0.39 is 5.97 Å². The lowest BCUT2D eigenvalue weighted by atomic mass is 9.90. The van der Waals surface area contributed by atoms with Crippen molar-refractivity contribution < 1.29 is 9.90 Å². The second-order valence-corrected chi connectivity index (χ2v) is 4.67. The molecule has 2 nitrogen and oxygen atoms in total. The highest BCUT2D eigenvalue weighted by atomic mass is 16.4. The number of carboxylic acids is 1. The van der Waals surface area contributed by atoms with Crippen molar-refractivity contribution in [2.75, 3.05) is 0 Å². The fourth-order valence-corrected chi connectivity index (χ4v) is 2.19. The Morgan fingerprint density at radius 2 is 2.00 bits per heavy atom. The summed E-state index contributed by atoms with van der Waals surface area (Å²) in [5.74, 6) is -0.296. The topological polar surface area (TPSA) is 37.3 Å². The molecule has 0 aliphatic carbocycles. The molecular formula is C15H22O2. The van der Waals surface area contributed by atoms with Crippen molar-refractivity contribution in [3.63, 3.8) is 0 Å². The van der Waals surface area contributed by atoms with Crippen LogP contribution < -0.4 is 0 Å². The zero-order valence-corrected chi connectivity index (χ0v) is 10.8. The zero-order valence-electron chi connectivity index (χ0n) is 10.8. The Labute approximate surface area is 104 Å². The molecule has 94 valence electrons. The Balaban J connectivity index is 2.70. The third-order valence-electron chi connectivity index (χ3n) is 3.17. The van der Waals surface area contributed by atoms with Gasteiger partial charge in [0.1, 0.15) is 0 Å². The van der Waals surface area contributed by atoms with E-state index in [2.05, 4.69) is 19.9 Å². The molecule has 1 atom stereocenters. The molecule has 0 aliphatic heterocycles. The van der Waals surface area contributed by atoms with Crippen LogP contribution in [0.3, 0.4) is 0 Å². The van der Waals surface area contributed by atoms with Crippen LogP contribution in [-0.2, 0) is 11.2 Å². The molecule has 1 aromatic rings. The summed E-state index contributed by atoms with van der Waals surface area (Å²) < 4.78 is 0. The van der Waals surface area contributed by atoms with Crippen LogP contribution in [0.4, 0.5) is 0 Å². The van der Waals surface area contributed by atoms with Crippen LogP contribution >= 0.6 is 0 Å². The average molecular weight is 234 g/mol. The van der Waals surface area contributed by atoms with E-state index >= 15 is 0 Å². The molecule has 17 heavy (non-hydrogen) atoms. The molecule has 0 radical (unpaired) electrons. The molecular weight excluding hydrogens is 212 g/mol. The van der Waals surface area contributed by atoms with E-state index in [0.29, 0.717) is 5.92 Å². The first-order valence-electron chi connectivity index (χ1n) is 6.44. The van der Waals surface area contributed by atoms with Crippen LogP contribution in [0.2, 0.25) is 0 Å². The van der Waals surface area contributed by atoms with Crippen LogP contribution in [0.5, 0.6) is 0 Å². The van der Waals surface area contributed by atoms with Crippen molar-refractivity contribution in [3.05, 3.63) is 35.4 Å². The molecule has 2 heteroatoms. The van der Waals surface area contributed by atoms with E-state index in [1.807, 2.05) is 18.2 Å². The van der Waals surface area contributed by atoms with Crippen LogP contribution in [-0.4, -0.2) is 11.1 Å². The van der Waals surface area contributed by atoms with Gasteiger partial charge in [0.25, 0.3) is 0 Å². The zero-order chi connectivity index (χ0) is 12.7. The van der Waals surface area contributed by atoms with Gasteiger partial charge in [0.05, 0.1) is 6.42 Å². The fraction of sp³-hybridized carbons (Fsp3) is 0.533. The lowest BCUT2D eigenvalue weighted by Crippen LogP contribution is -2.05. The number of aliphatic carboxylic acids is 1. The number of unbranched alkanes of at least 4 members (excludes halogenated alkanes) is 2. The Bertz CT molecular complexity index is 358. The number of hydrogen-bond acceptors (Lipinski definition) is 1.